The second kappa shape index (κ2) is 5.01. The van der Waals surface area contributed by atoms with Crippen LogP contribution in [0.1, 0.15) is 26.7 Å². The van der Waals surface area contributed by atoms with Gasteiger partial charge < -0.3 is 4.18 Å². The van der Waals surface area contributed by atoms with Crippen molar-refractivity contribution in [2.45, 2.75) is 31.9 Å². The van der Waals surface area contributed by atoms with Crippen molar-refractivity contribution in [2.24, 2.45) is 0 Å². The summed E-state index contributed by atoms with van der Waals surface area (Å²) in [7, 11) is -3.75. The van der Waals surface area contributed by atoms with Crippen molar-refractivity contribution < 1.29 is 17.4 Å². The Labute approximate surface area is 78.7 Å². The molecule has 0 aromatic carbocycles. The fourth-order valence-electron chi connectivity index (χ4n) is 0.781. The van der Waals surface area contributed by atoms with Crippen LogP contribution in [0.4, 0.5) is 0 Å². The minimum Gasteiger partial charge on any atom is -0.342 e. The number of hydrogen-bond acceptors (Lipinski definition) is 4. The zero-order valence-corrected chi connectivity index (χ0v) is 8.63. The molecule has 0 amide bonds. The van der Waals surface area contributed by atoms with E-state index in [0.717, 1.165) is 12.5 Å². The number of carbonyl (C=O) groups is 1. The third-order valence-corrected chi connectivity index (χ3v) is 3.17. The van der Waals surface area contributed by atoms with Crippen LogP contribution in [0, 0.1) is 0 Å². The second-order valence-electron chi connectivity index (χ2n) is 2.70. The Hall–Kier alpha value is -0.840. The predicted octanol–water partition coefficient (Wildman–Crippen LogP) is 1.23. The van der Waals surface area contributed by atoms with E-state index < -0.39 is 21.3 Å². The van der Waals surface area contributed by atoms with Crippen LogP contribution >= 0.6 is 0 Å². The van der Waals surface area contributed by atoms with Gasteiger partial charge in [0.15, 0.2) is 0 Å². The van der Waals surface area contributed by atoms with E-state index in [0.29, 0.717) is 6.42 Å². The summed E-state index contributed by atoms with van der Waals surface area (Å²) in [5, 5.41) is -0.651. The van der Waals surface area contributed by atoms with Gasteiger partial charge in [-0.1, -0.05) is 19.9 Å². The van der Waals surface area contributed by atoms with E-state index >= 15 is 0 Å². The van der Waals surface area contributed by atoms with E-state index in [4.69, 9.17) is 0 Å². The van der Waals surface area contributed by atoms with Gasteiger partial charge >= 0.3 is 16.1 Å². The summed E-state index contributed by atoms with van der Waals surface area (Å²) in [6.07, 6.45) is 2.04. The quantitative estimate of drug-likeness (QED) is 0.501. The maximum Gasteiger partial charge on any atom is 0.345 e. The molecule has 0 aromatic heterocycles. The molecule has 1 unspecified atom stereocenters. The van der Waals surface area contributed by atoms with E-state index in [-0.39, 0.29) is 0 Å². The zero-order valence-electron chi connectivity index (χ0n) is 7.82. The average molecular weight is 206 g/mol. The van der Waals surface area contributed by atoms with Gasteiger partial charge in [-0.25, -0.2) is 4.79 Å². The molecular weight excluding hydrogens is 192 g/mol. The van der Waals surface area contributed by atoms with Gasteiger partial charge in [0, 0.05) is 6.08 Å². The van der Waals surface area contributed by atoms with Crippen molar-refractivity contribution in [2.75, 3.05) is 0 Å². The lowest BCUT2D eigenvalue weighted by Gasteiger charge is -2.09. The summed E-state index contributed by atoms with van der Waals surface area (Å²) in [6, 6.07) is 0. The summed E-state index contributed by atoms with van der Waals surface area (Å²) in [4.78, 5) is 10.6. The van der Waals surface area contributed by atoms with Crippen molar-refractivity contribution in [3.8, 4) is 0 Å². The molecule has 0 rings (SSSR count). The van der Waals surface area contributed by atoms with Crippen LogP contribution in [0.25, 0.3) is 0 Å². The summed E-state index contributed by atoms with van der Waals surface area (Å²) in [5.74, 6) is -0.928. The first-order valence-electron chi connectivity index (χ1n) is 4.03. The van der Waals surface area contributed by atoms with Gasteiger partial charge in [-0.3, -0.25) is 0 Å². The smallest absolute Gasteiger partial charge is 0.342 e. The van der Waals surface area contributed by atoms with Gasteiger partial charge in [-0.05, 0) is 13.3 Å². The Morgan fingerprint density at radius 1 is 1.62 bits per heavy atom. The molecule has 0 aliphatic heterocycles. The van der Waals surface area contributed by atoms with Crippen molar-refractivity contribution in [3.63, 3.8) is 0 Å². The fourth-order valence-corrected chi connectivity index (χ4v) is 1.77. The first kappa shape index (κ1) is 12.2. The monoisotopic (exact) mass is 206 g/mol. The lowest BCUT2D eigenvalue weighted by atomic mass is 10.3. The normalized spacial score (nSPS) is 13.4. The fraction of sp³-hybridized carbons (Fsp3) is 0.625. The van der Waals surface area contributed by atoms with Gasteiger partial charge in [0.25, 0.3) is 0 Å². The third kappa shape index (κ3) is 4.07. The van der Waals surface area contributed by atoms with E-state index in [2.05, 4.69) is 10.8 Å². The summed E-state index contributed by atoms with van der Waals surface area (Å²) in [5.41, 5.74) is 0. The second-order valence-corrected chi connectivity index (χ2v) is 4.66. The molecule has 0 N–H and O–H groups in total. The summed E-state index contributed by atoms with van der Waals surface area (Å²) < 4.78 is 26.6. The largest absolute Gasteiger partial charge is 0.345 e. The maximum atomic E-state index is 11.2. The highest BCUT2D eigenvalue weighted by molar-refractivity contribution is 7.87. The zero-order chi connectivity index (χ0) is 10.5. The SMILES string of the molecule is C=CC(=O)OS(=O)(=O)C(C)CCC. The third-order valence-electron chi connectivity index (χ3n) is 1.55. The Kier molecular flexibility index (Phi) is 4.69. The van der Waals surface area contributed by atoms with Crippen molar-refractivity contribution in [1.82, 2.24) is 0 Å². The molecule has 0 radical (unpaired) electrons. The highest BCUT2D eigenvalue weighted by atomic mass is 32.2. The lowest BCUT2D eigenvalue weighted by molar-refractivity contribution is -0.128. The lowest BCUT2D eigenvalue weighted by Crippen LogP contribution is -2.22. The molecule has 0 aromatic rings. The average Bonchev–Trinajstić information content (AvgIpc) is 2.04. The molecule has 0 heterocycles. The molecule has 13 heavy (non-hydrogen) atoms. The first-order chi connectivity index (χ1) is 5.94. The van der Waals surface area contributed by atoms with Crippen molar-refractivity contribution >= 4 is 16.1 Å². The van der Waals surface area contributed by atoms with Gasteiger partial charge in [0.2, 0.25) is 0 Å². The van der Waals surface area contributed by atoms with Crippen molar-refractivity contribution in [3.05, 3.63) is 12.7 Å². The van der Waals surface area contributed by atoms with Crippen LogP contribution in [-0.2, 0) is 19.1 Å². The highest BCUT2D eigenvalue weighted by Gasteiger charge is 2.23. The molecule has 4 nitrogen and oxygen atoms in total. The van der Waals surface area contributed by atoms with Gasteiger partial charge in [0.1, 0.15) is 0 Å². The van der Waals surface area contributed by atoms with E-state index in [1.807, 2.05) is 6.92 Å². The molecule has 0 bridgehead atoms. The molecule has 0 aliphatic rings. The Morgan fingerprint density at radius 2 is 2.15 bits per heavy atom. The molecule has 5 heteroatoms. The molecule has 0 aliphatic carbocycles. The number of rotatable bonds is 5. The Balaban J connectivity index is 4.39. The predicted molar refractivity (Wildman–Crippen MR) is 49.6 cm³/mol. The number of carbonyl (C=O) groups excluding carboxylic acids is 1. The molecule has 0 saturated heterocycles. The van der Waals surface area contributed by atoms with Gasteiger partial charge in [-0.15, -0.1) is 0 Å². The summed E-state index contributed by atoms with van der Waals surface area (Å²) in [6.45, 7) is 6.48. The first-order valence-corrected chi connectivity index (χ1v) is 5.50. The minimum atomic E-state index is -3.75. The van der Waals surface area contributed by atoms with E-state index in [1.54, 1.807) is 0 Å². The van der Waals surface area contributed by atoms with E-state index in [1.165, 1.54) is 6.92 Å². The molecule has 0 saturated carbocycles. The molecule has 1 atom stereocenters. The van der Waals surface area contributed by atoms with Crippen LogP contribution < -0.4 is 0 Å². The van der Waals surface area contributed by atoms with Crippen molar-refractivity contribution in [1.29, 1.82) is 0 Å². The number of hydrogen-bond donors (Lipinski definition) is 0. The Bertz CT molecular complexity index is 279. The molecule has 0 fully saturated rings. The summed E-state index contributed by atoms with van der Waals surface area (Å²) >= 11 is 0. The van der Waals surface area contributed by atoms with Crippen LogP contribution in [-0.4, -0.2) is 19.6 Å². The maximum absolute atomic E-state index is 11.2. The topological polar surface area (TPSA) is 60.4 Å². The van der Waals surface area contributed by atoms with Crippen LogP contribution in [0.2, 0.25) is 0 Å². The minimum absolute atomic E-state index is 0.479. The van der Waals surface area contributed by atoms with Crippen LogP contribution in [0.15, 0.2) is 12.7 Å². The molecule has 0 spiro atoms. The molecule has 76 valence electrons. The van der Waals surface area contributed by atoms with Gasteiger partial charge in [-0.2, -0.15) is 8.42 Å². The van der Waals surface area contributed by atoms with Gasteiger partial charge in [0.05, 0.1) is 5.25 Å². The van der Waals surface area contributed by atoms with E-state index in [9.17, 15) is 13.2 Å². The highest BCUT2D eigenvalue weighted by Crippen LogP contribution is 2.10. The standard InChI is InChI=1S/C8H14O4S/c1-4-6-7(3)13(10,11)12-8(9)5-2/h5,7H,2,4,6H2,1,3H3. The Morgan fingerprint density at radius 3 is 2.54 bits per heavy atom. The molecular formula is C8H14O4S. The van der Waals surface area contributed by atoms with Crippen LogP contribution in [0.5, 0.6) is 0 Å². The van der Waals surface area contributed by atoms with Crippen LogP contribution in [0.3, 0.4) is 0 Å².